The van der Waals surface area contributed by atoms with Crippen molar-refractivity contribution in [3.63, 3.8) is 0 Å². The molecule has 8 nitrogen and oxygen atoms in total. The van der Waals surface area contributed by atoms with Gasteiger partial charge in [0.15, 0.2) is 20.8 Å². The number of hydrogen-bond acceptors (Lipinski definition) is 7. The molecule has 134 valence electrons. The van der Waals surface area contributed by atoms with E-state index in [4.69, 9.17) is 5.73 Å². The highest BCUT2D eigenvalue weighted by Crippen LogP contribution is 2.24. The lowest BCUT2D eigenvalue weighted by molar-refractivity contribution is 0.0999. The van der Waals surface area contributed by atoms with E-state index in [1.165, 1.54) is 17.8 Å². The van der Waals surface area contributed by atoms with Gasteiger partial charge in [0, 0.05) is 5.69 Å². The van der Waals surface area contributed by atoms with Gasteiger partial charge in [0.1, 0.15) is 5.56 Å². The molecule has 1 amide bonds. The highest BCUT2D eigenvalue weighted by atomic mass is 32.2. The third-order valence-corrected chi connectivity index (χ3v) is 5.96. The SMILES string of the molecule is CCS(=O)(=O)c1ccc(Nc2nc(SC)[nH]c(=O)c2C(N)=O)cc1C. The molecule has 2 rings (SSSR count). The van der Waals surface area contributed by atoms with Crippen molar-refractivity contribution in [2.75, 3.05) is 17.3 Å². The predicted molar refractivity (Wildman–Crippen MR) is 97.3 cm³/mol. The van der Waals surface area contributed by atoms with Crippen LogP contribution in [0.15, 0.2) is 33.0 Å². The molecule has 0 aliphatic rings. The minimum Gasteiger partial charge on any atom is -0.365 e. The zero-order valence-electron chi connectivity index (χ0n) is 13.9. The summed E-state index contributed by atoms with van der Waals surface area (Å²) >= 11 is 1.20. The van der Waals surface area contributed by atoms with E-state index in [-0.39, 0.29) is 22.0 Å². The number of sulfone groups is 1. The lowest BCUT2D eigenvalue weighted by Crippen LogP contribution is -2.26. The van der Waals surface area contributed by atoms with Gasteiger partial charge in [-0.25, -0.2) is 13.4 Å². The fraction of sp³-hybridized carbons (Fsp3) is 0.267. The number of hydrogen-bond donors (Lipinski definition) is 3. The lowest BCUT2D eigenvalue weighted by atomic mass is 10.2. The van der Waals surface area contributed by atoms with Crippen LogP contribution in [0.5, 0.6) is 0 Å². The molecule has 25 heavy (non-hydrogen) atoms. The Morgan fingerprint density at radius 1 is 1.40 bits per heavy atom. The Kier molecular flexibility index (Phi) is 5.53. The van der Waals surface area contributed by atoms with Crippen LogP contribution in [0.2, 0.25) is 0 Å². The third kappa shape index (κ3) is 4.02. The molecule has 2 aromatic rings. The summed E-state index contributed by atoms with van der Waals surface area (Å²) in [5, 5.41) is 3.19. The maximum absolute atomic E-state index is 12.0. The van der Waals surface area contributed by atoms with Crippen LogP contribution >= 0.6 is 11.8 Å². The number of nitrogens with one attached hydrogen (secondary N) is 2. The van der Waals surface area contributed by atoms with Crippen LogP contribution in [-0.2, 0) is 9.84 Å². The van der Waals surface area contributed by atoms with Gasteiger partial charge in [-0.1, -0.05) is 18.7 Å². The number of carbonyl (C=O) groups is 1. The molecule has 10 heteroatoms. The summed E-state index contributed by atoms with van der Waals surface area (Å²) in [6.07, 6.45) is 1.72. The molecule has 0 aliphatic carbocycles. The molecule has 0 radical (unpaired) electrons. The first-order valence-electron chi connectivity index (χ1n) is 7.28. The van der Waals surface area contributed by atoms with E-state index in [0.717, 1.165) is 0 Å². The molecule has 0 spiro atoms. The molecular formula is C15H18N4O4S2. The molecule has 4 N–H and O–H groups in total. The second-order valence-electron chi connectivity index (χ2n) is 5.17. The number of aromatic amines is 1. The van der Waals surface area contributed by atoms with E-state index < -0.39 is 21.3 Å². The largest absolute Gasteiger partial charge is 0.365 e. The van der Waals surface area contributed by atoms with Crippen LogP contribution in [0, 0.1) is 6.92 Å². The van der Waals surface area contributed by atoms with Crippen molar-refractivity contribution in [2.45, 2.75) is 23.9 Å². The molecule has 0 bridgehead atoms. The molecule has 0 saturated heterocycles. The number of nitrogens with two attached hydrogens (primary N) is 1. The third-order valence-electron chi connectivity index (χ3n) is 3.49. The first kappa shape index (κ1) is 19.0. The van der Waals surface area contributed by atoms with Gasteiger partial charge < -0.3 is 16.0 Å². The highest BCUT2D eigenvalue weighted by Gasteiger charge is 2.18. The van der Waals surface area contributed by atoms with Crippen molar-refractivity contribution in [1.29, 1.82) is 0 Å². The first-order chi connectivity index (χ1) is 11.7. The summed E-state index contributed by atoms with van der Waals surface area (Å²) in [4.78, 5) is 30.4. The van der Waals surface area contributed by atoms with Gasteiger partial charge in [-0.05, 0) is 36.9 Å². The van der Waals surface area contributed by atoms with E-state index in [2.05, 4.69) is 15.3 Å². The number of rotatable bonds is 6. The van der Waals surface area contributed by atoms with Gasteiger partial charge in [0.2, 0.25) is 0 Å². The smallest absolute Gasteiger partial charge is 0.266 e. The Morgan fingerprint density at radius 2 is 2.08 bits per heavy atom. The summed E-state index contributed by atoms with van der Waals surface area (Å²) in [5.41, 5.74) is 5.36. The van der Waals surface area contributed by atoms with Gasteiger partial charge in [-0.15, -0.1) is 0 Å². The Bertz CT molecular complexity index is 984. The number of benzene rings is 1. The molecule has 1 aromatic carbocycles. The number of aryl methyl sites for hydroxylation is 1. The molecule has 0 unspecified atom stereocenters. The van der Waals surface area contributed by atoms with Crippen LogP contribution < -0.4 is 16.6 Å². The number of aromatic nitrogens is 2. The van der Waals surface area contributed by atoms with Crippen LogP contribution in [0.4, 0.5) is 11.5 Å². The van der Waals surface area contributed by atoms with E-state index in [1.54, 1.807) is 32.2 Å². The summed E-state index contributed by atoms with van der Waals surface area (Å²) < 4.78 is 24.0. The van der Waals surface area contributed by atoms with Crippen molar-refractivity contribution in [3.05, 3.63) is 39.7 Å². The Labute approximate surface area is 149 Å². The normalized spacial score (nSPS) is 11.3. The first-order valence-corrected chi connectivity index (χ1v) is 10.2. The maximum atomic E-state index is 12.0. The van der Waals surface area contributed by atoms with E-state index in [9.17, 15) is 18.0 Å². The number of primary amides is 1. The summed E-state index contributed by atoms with van der Waals surface area (Å²) in [6.45, 7) is 3.24. The van der Waals surface area contributed by atoms with Crippen LogP contribution in [0.3, 0.4) is 0 Å². The van der Waals surface area contributed by atoms with Gasteiger partial charge in [0.25, 0.3) is 11.5 Å². The minimum absolute atomic E-state index is 0.000854. The summed E-state index contributed by atoms with van der Waals surface area (Å²) in [6, 6.07) is 4.62. The van der Waals surface area contributed by atoms with Gasteiger partial charge >= 0.3 is 0 Å². The Morgan fingerprint density at radius 3 is 2.60 bits per heavy atom. The average Bonchev–Trinajstić information content (AvgIpc) is 2.53. The van der Waals surface area contributed by atoms with Crippen LogP contribution in [-0.4, -0.2) is 36.3 Å². The molecule has 0 atom stereocenters. The Balaban J connectivity index is 2.50. The minimum atomic E-state index is -3.33. The molecular weight excluding hydrogens is 364 g/mol. The van der Waals surface area contributed by atoms with E-state index >= 15 is 0 Å². The van der Waals surface area contributed by atoms with Crippen LogP contribution in [0.1, 0.15) is 22.8 Å². The maximum Gasteiger partial charge on any atom is 0.266 e. The van der Waals surface area contributed by atoms with Crippen molar-refractivity contribution in [2.24, 2.45) is 5.73 Å². The Hall–Kier alpha value is -2.33. The number of thioether (sulfide) groups is 1. The number of amides is 1. The summed E-state index contributed by atoms with van der Waals surface area (Å²) in [7, 11) is -3.33. The number of nitrogens with zero attached hydrogens (tertiary/aromatic N) is 1. The van der Waals surface area contributed by atoms with E-state index in [0.29, 0.717) is 16.4 Å². The molecule has 0 saturated carbocycles. The standard InChI is InChI=1S/C15H18N4O4S2/c1-4-25(22,23)10-6-5-9(7-8(10)2)17-13-11(12(16)20)14(21)19-15(18-13)24-3/h5-7H,4H2,1-3H3,(H2,16,20)(H2,17,18,19,21). The van der Waals surface area contributed by atoms with Crippen molar-refractivity contribution in [1.82, 2.24) is 9.97 Å². The van der Waals surface area contributed by atoms with E-state index in [1.807, 2.05) is 0 Å². The number of carbonyl (C=O) groups excluding carboxylic acids is 1. The number of H-pyrrole nitrogens is 1. The molecule has 1 heterocycles. The van der Waals surface area contributed by atoms with Gasteiger partial charge in [-0.3, -0.25) is 9.59 Å². The zero-order chi connectivity index (χ0) is 18.8. The van der Waals surface area contributed by atoms with Crippen molar-refractivity contribution >= 4 is 39.0 Å². The molecule has 0 fully saturated rings. The topological polar surface area (TPSA) is 135 Å². The second-order valence-corrected chi connectivity index (χ2v) is 8.21. The quantitative estimate of drug-likeness (QED) is 0.508. The van der Waals surface area contributed by atoms with Crippen LogP contribution in [0.25, 0.3) is 0 Å². The van der Waals surface area contributed by atoms with Crippen molar-refractivity contribution < 1.29 is 13.2 Å². The fourth-order valence-corrected chi connectivity index (χ4v) is 3.75. The summed E-state index contributed by atoms with van der Waals surface area (Å²) in [5.74, 6) is -0.893. The zero-order valence-corrected chi connectivity index (χ0v) is 15.5. The van der Waals surface area contributed by atoms with Crippen molar-refractivity contribution in [3.8, 4) is 0 Å². The highest BCUT2D eigenvalue weighted by molar-refractivity contribution is 7.98. The number of anilines is 2. The second kappa shape index (κ2) is 7.28. The van der Waals surface area contributed by atoms with Gasteiger partial charge in [-0.2, -0.15) is 0 Å². The molecule has 0 aliphatic heterocycles. The lowest BCUT2D eigenvalue weighted by Gasteiger charge is -2.12. The predicted octanol–water partition coefficient (Wildman–Crippen LogP) is 1.44. The monoisotopic (exact) mass is 382 g/mol. The average molecular weight is 382 g/mol. The fourth-order valence-electron chi connectivity index (χ4n) is 2.24. The molecule has 1 aromatic heterocycles. The van der Waals surface area contributed by atoms with Gasteiger partial charge in [0.05, 0.1) is 10.6 Å².